The van der Waals surface area contributed by atoms with Crippen LogP contribution in [0.1, 0.15) is 15.9 Å². The Bertz CT molecular complexity index is 942. The van der Waals surface area contributed by atoms with E-state index in [4.69, 9.17) is 9.47 Å². The number of carbonyl (C=O) groups excluding carboxylic acids is 1. The molecule has 0 fully saturated rings. The normalized spacial score (nSPS) is 12.2. The fourth-order valence-electron chi connectivity index (χ4n) is 2.19. The van der Waals surface area contributed by atoms with Crippen LogP contribution < -0.4 is 14.9 Å². The molecule has 1 aliphatic rings. The van der Waals surface area contributed by atoms with Gasteiger partial charge in [0.05, 0.1) is 27.7 Å². The predicted molar refractivity (Wildman–Crippen MR) is 87.4 cm³/mol. The minimum absolute atomic E-state index is 0.0246. The maximum absolute atomic E-state index is 12.0. The van der Waals surface area contributed by atoms with Gasteiger partial charge in [0.25, 0.3) is 17.3 Å². The van der Waals surface area contributed by atoms with E-state index < -0.39 is 15.8 Å². The number of ether oxygens (including phenoxy) is 2. The summed E-state index contributed by atoms with van der Waals surface area (Å²) in [7, 11) is 0. The monoisotopic (exact) mass is 358 g/mol. The van der Waals surface area contributed by atoms with Crippen molar-refractivity contribution in [2.45, 2.75) is 0 Å². The molecule has 1 N–H and O–H groups in total. The number of amides is 1. The first-order valence-corrected chi connectivity index (χ1v) is 7.11. The topological polar surface area (TPSA) is 146 Å². The number of non-ortho nitro benzene ring substituents is 1. The van der Waals surface area contributed by atoms with E-state index in [1.165, 1.54) is 30.3 Å². The number of nitrogens with one attached hydrogen (secondary N) is 1. The smallest absolute Gasteiger partial charge is 0.282 e. The Labute approximate surface area is 145 Å². The lowest BCUT2D eigenvalue weighted by atomic mass is 10.1. The molecule has 132 valence electrons. The van der Waals surface area contributed by atoms with E-state index in [-0.39, 0.29) is 35.0 Å². The van der Waals surface area contributed by atoms with Crippen LogP contribution in [0, 0.1) is 20.2 Å². The van der Waals surface area contributed by atoms with Crippen LogP contribution in [0.4, 0.5) is 11.4 Å². The van der Waals surface area contributed by atoms with E-state index in [9.17, 15) is 25.0 Å². The summed E-state index contributed by atoms with van der Waals surface area (Å²) in [6.07, 6.45) is 1.08. The Balaban J connectivity index is 1.78. The molecule has 0 bridgehead atoms. The average Bonchev–Trinajstić information content (AvgIpc) is 3.08. The Morgan fingerprint density at radius 2 is 1.85 bits per heavy atom. The van der Waals surface area contributed by atoms with Gasteiger partial charge >= 0.3 is 0 Å². The molecule has 0 saturated heterocycles. The van der Waals surface area contributed by atoms with E-state index in [2.05, 4.69) is 10.5 Å². The maximum atomic E-state index is 12.0. The van der Waals surface area contributed by atoms with Crippen molar-refractivity contribution in [2.75, 3.05) is 6.79 Å². The summed E-state index contributed by atoms with van der Waals surface area (Å²) >= 11 is 0. The van der Waals surface area contributed by atoms with Crippen LogP contribution in [-0.2, 0) is 0 Å². The average molecular weight is 358 g/mol. The van der Waals surface area contributed by atoms with Crippen molar-refractivity contribution >= 4 is 23.5 Å². The lowest BCUT2D eigenvalue weighted by molar-refractivity contribution is -0.385. The molecule has 0 unspecified atom stereocenters. The van der Waals surface area contributed by atoms with Crippen molar-refractivity contribution in [1.82, 2.24) is 5.43 Å². The highest BCUT2D eigenvalue weighted by Crippen LogP contribution is 2.37. The van der Waals surface area contributed by atoms with Crippen LogP contribution in [-0.4, -0.2) is 28.8 Å². The van der Waals surface area contributed by atoms with Gasteiger partial charge in [-0.05, 0) is 12.1 Å². The molecule has 11 heteroatoms. The van der Waals surface area contributed by atoms with Crippen molar-refractivity contribution in [2.24, 2.45) is 5.10 Å². The van der Waals surface area contributed by atoms with Crippen molar-refractivity contribution in [1.29, 1.82) is 0 Å². The Kier molecular flexibility index (Phi) is 4.43. The zero-order valence-electron chi connectivity index (χ0n) is 12.9. The summed E-state index contributed by atoms with van der Waals surface area (Å²) in [6, 6.07) is 7.64. The fraction of sp³-hybridized carbons (Fsp3) is 0.0667. The first kappa shape index (κ1) is 16.8. The van der Waals surface area contributed by atoms with Gasteiger partial charge in [-0.15, -0.1) is 0 Å². The number of nitro groups is 2. The van der Waals surface area contributed by atoms with Gasteiger partial charge in [0.1, 0.15) is 0 Å². The Morgan fingerprint density at radius 1 is 1.12 bits per heavy atom. The van der Waals surface area contributed by atoms with Crippen LogP contribution in [0.25, 0.3) is 0 Å². The second-order valence-electron chi connectivity index (χ2n) is 5.03. The maximum Gasteiger partial charge on any atom is 0.282 e. The molecule has 11 nitrogen and oxygen atoms in total. The van der Waals surface area contributed by atoms with E-state index in [1.807, 2.05) is 0 Å². The van der Waals surface area contributed by atoms with Crippen molar-refractivity contribution in [3.05, 3.63) is 67.8 Å². The molecule has 1 amide bonds. The molecule has 1 heterocycles. The molecule has 0 atom stereocenters. The first-order chi connectivity index (χ1) is 12.5. The SMILES string of the molecule is O=C(NN=Cc1cc2c(cc1[N+](=O)[O-])OCO2)c1cccc([N+](=O)[O-])c1. The molecule has 0 saturated carbocycles. The third-order valence-corrected chi connectivity index (χ3v) is 3.41. The number of fused-ring (bicyclic) bond motifs is 1. The molecular formula is C15H10N4O7. The van der Waals surface area contributed by atoms with Gasteiger partial charge in [-0.2, -0.15) is 5.10 Å². The Hall–Kier alpha value is -4.02. The zero-order valence-corrected chi connectivity index (χ0v) is 12.9. The summed E-state index contributed by atoms with van der Waals surface area (Å²) in [5.41, 5.74) is 1.76. The fourth-order valence-corrected chi connectivity index (χ4v) is 2.19. The molecule has 0 aromatic heterocycles. The largest absolute Gasteiger partial charge is 0.454 e. The van der Waals surface area contributed by atoms with Gasteiger partial charge in [0.15, 0.2) is 11.5 Å². The third kappa shape index (κ3) is 3.40. The van der Waals surface area contributed by atoms with Crippen LogP contribution in [0.2, 0.25) is 0 Å². The molecule has 0 spiro atoms. The summed E-state index contributed by atoms with van der Waals surface area (Å²) in [4.78, 5) is 32.6. The standard InChI is InChI=1S/C15H10N4O7/c20-15(9-2-1-3-11(4-9)18(21)22)17-16-7-10-5-13-14(26-8-25-13)6-12(10)19(23)24/h1-7H,8H2,(H,17,20). The number of nitrogens with zero attached hydrogens (tertiary/aromatic N) is 3. The summed E-state index contributed by atoms with van der Waals surface area (Å²) in [5, 5.41) is 25.5. The third-order valence-electron chi connectivity index (χ3n) is 3.41. The summed E-state index contributed by atoms with van der Waals surface area (Å²) in [6.45, 7) is -0.0450. The van der Waals surface area contributed by atoms with Crippen molar-refractivity contribution < 1.29 is 24.1 Å². The lowest BCUT2D eigenvalue weighted by Gasteiger charge is -2.02. The highest BCUT2D eigenvalue weighted by Gasteiger charge is 2.22. The van der Waals surface area contributed by atoms with E-state index in [1.54, 1.807) is 0 Å². The highest BCUT2D eigenvalue weighted by molar-refractivity contribution is 5.96. The van der Waals surface area contributed by atoms with Gasteiger partial charge in [-0.25, -0.2) is 5.43 Å². The van der Waals surface area contributed by atoms with Crippen LogP contribution in [0.15, 0.2) is 41.5 Å². The van der Waals surface area contributed by atoms with Crippen molar-refractivity contribution in [3.8, 4) is 11.5 Å². The first-order valence-electron chi connectivity index (χ1n) is 7.11. The Morgan fingerprint density at radius 3 is 2.54 bits per heavy atom. The summed E-state index contributed by atoms with van der Waals surface area (Å²) < 4.78 is 10.2. The molecule has 2 aromatic rings. The molecule has 1 aliphatic heterocycles. The number of benzene rings is 2. The molecule has 26 heavy (non-hydrogen) atoms. The molecule has 0 radical (unpaired) electrons. The zero-order chi connectivity index (χ0) is 18.7. The van der Waals surface area contributed by atoms with Gasteiger partial charge < -0.3 is 9.47 Å². The molecular weight excluding hydrogens is 348 g/mol. The number of hydrogen-bond donors (Lipinski definition) is 1. The second-order valence-corrected chi connectivity index (χ2v) is 5.03. The van der Waals surface area contributed by atoms with Gasteiger partial charge in [-0.3, -0.25) is 25.0 Å². The number of hydrazone groups is 1. The number of nitro benzene ring substituents is 2. The van der Waals surface area contributed by atoms with E-state index in [0.29, 0.717) is 5.75 Å². The molecule has 3 rings (SSSR count). The van der Waals surface area contributed by atoms with Crippen LogP contribution in [0.5, 0.6) is 11.5 Å². The molecule has 0 aliphatic carbocycles. The highest BCUT2D eigenvalue weighted by atomic mass is 16.7. The van der Waals surface area contributed by atoms with E-state index in [0.717, 1.165) is 12.3 Å². The minimum Gasteiger partial charge on any atom is -0.454 e. The summed E-state index contributed by atoms with van der Waals surface area (Å²) in [5.74, 6) is -0.134. The number of carbonyl (C=O) groups is 1. The second kappa shape index (κ2) is 6.84. The number of hydrogen-bond acceptors (Lipinski definition) is 8. The van der Waals surface area contributed by atoms with E-state index >= 15 is 0 Å². The molecule has 2 aromatic carbocycles. The van der Waals surface area contributed by atoms with Gasteiger partial charge in [0, 0.05) is 17.7 Å². The van der Waals surface area contributed by atoms with Crippen molar-refractivity contribution in [3.63, 3.8) is 0 Å². The van der Waals surface area contributed by atoms with Gasteiger partial charge in [0.2, 0.25) is 6.79 Å². The van der Waals surface area contributed by atoms with Crippen LogP contribution in [0.3, 0.4) is 0 Å². The van der Waals surface area contributed by atoms with Gasteiger partial charge in [-0.1, -0.05) is 6.07 Å². The quantitative estimate of drug-likeness (QED) is 0.488. The number of rotatable bonds is 5. The minimum atomic E-state index is -0.701. The van der Waals surface area contributed by atoms with Crippen LogP contribution >= 0.6 is 0 Å². The predicted octanol–water partition coefficient (Wildman–Crippen LogP) is 2.00. The lowest BCUT2D eigenvalue weighted by Crippen LogP contribution is -2.17.